The Kier molecular flexibility index (Phi) is 3.37. The lowest BCUT2D eigenvalue weighted by molar-refractivity contribution is -0.0906. The zero-order valence-corrected chi connectivity index (χ0v) is 10.8. The van der Waals surface area contributed by atoms with Crippen LogP contribution in [0.15, 0.2) is 30.3 Å². The maximum absolute atomic E-state index is 10.8. The zero-order valence-electron chi connectivity index (χ0n) is 10.8. The van der Waals surface area contributed by atoms with E-state index in [1.165, 1.54) is 5.56 Å². The van der Waals surface area contributed by atoms with E-state index in [2.05, 4.69) is 40.5 Å². The molecule has 3 nitrogen and oxygen atoms in total. The second kappa shape index (κ2) is 5.00. The van der Waals surface area contributed by atoms with E-state index < -0.39 is 5.60 Å². The van der Waals surface area contributed by atoms with Crippen molar-refractivity contribution < 1.29 is 5.11 Å². The highest BCUT2D eigenvalue weighted by molar-refractivity contribution is 5.15. The molecule has 2 saturated heterocycles. The standard InChI is InChI=1S/C15H22N2O/c18-15(14-9-16-10-14)7-4-8-17(12-15)11-13-5-2-1-3-6-13/h1-3,5-6,14,16,18H,4,7-12H2. The van der Waals surface area contributed by atoms with E-state index in [1.807, 2.05) is 0 Å². The molecule has 18 heavy (non-hydrogen) atoms. The number of β-amino-alcohol motifs (C(OH)–C–C–N with tert-alkyl or cyclic N) is 1. The molecule has 3 heteroatoms. The number of piperidine rings is 1. The molecule has 1 atom stereocenters. The molecule has 2 heterocycles. The lowest BCUT2D eigenvalue weighted by Gasteiger charge is -2.47. The van der Waals surface area contributed by atoms with Gasteiger partial charge in [0.15, 0.2) is 0 Å². The van der Waals surface area contributed by atoms with Crippen LogP contribution in [0.2, 0.25) is 0 Å². The highest BCUT2D eigenvalue weighted by Crippen LogP contribution is 2.31. The normalized spacial score (nSPS) is 30.1. The van der Waals surface area contributed by atoms with Crippen molar-refractivity contribution in [2.24, 2.45) is 5.92 Å². The van der Waals surface area contributed by atoms with Gasteiger partial charge in [0.2, 0.25) is 0 Å². The summed E-state index contributed by atoms with van der Waals surface area (Å²) in [5.74, 6) is 0.455. The molecule has 0 saturated carbocycles. The number of likely N-dealkylation sites (tertiary alicyclic amines) is 1. The molecule has 0 aromatic heterocycles. The highest BCUT2D eigenvalue weighted by Gasteiger charge is 2.42. The molecule has 0 aliphatic carbocycles. The van der Waals surface area contributed by atoms with Crippen LogP contribution in [-0.4, -0.2) is 41.8 Å². The highest BCUT2D eigenvalue weighted by atomic mass is 16.3. The van der Waals surface area contributed by atoms with Crippen molar-refractivity contribution in [1.29, 1.82) is 0 Å². The van der Waals surface area contributed by atoms with E-state index in [0.29, 0.717) is 5.92 Å². The Morgan fingerprint density at radius 3 is 2.72 bits per heavy atom. The molecule has 1 aromatic carbocycles. The molecular weight excluding hydrogens is 224 g/mol. The summed E-state index contributed by atoms with van der Waals surface area (Å²) in [6.07, 6.45) is 2.07. The maximum atomic E-state index is 10.8. The first-order chi connectivity index (χ1) is 8.76. The predicted octanol–water partition coefficient (Wildman–Crippen LogP) is 1.23. The fourth-order valence-corrected chi connectivity index (χ4v) is 3.13. The van der Waals surface area contributed by atoms with Crippen LogP contribution in [0, 0.1) is 5.92 Å². The molecule has 0 spiro atoms. The quantitative estimate of drug-likeness (QED) is 0.842. The summed E-state index contributed by atoms with van der Waals surface area (Å²) in [6, 6.07) is 10.6. The van der Waals surface area contributed by atoms with Crippen LogP contribution >= 0.6 is 0 Å². The Morgan fingerprint density at radius 1 is 1.28 bits per heavy atom. The van der Waals surface area contributed by atoms with E-state index in [9.17, 15) is 5.11 Å². The molecule has 2 aliphatic heterocycles. The van der Waals surface area contributed by atoms with E-state index in [-0.39, 0.29) is 0 Å². The lowest BCUT2D eigenvalue weighted by Crippen LogP contribution is -2.61. The van der Waals surface area contributed by atoms with E-state index in [1.54, 1.807) is 0 Å². The number of hydrogen-bond acceptors (Lipinski definition) is 3. The van der Waals surface area contributed by atoms with Crippen LogP contribution in [0.3, 0.4) is 0 Å². The average Bonchev–Trinajstić information content (AvgIpc) is 2.27. The number of benzene rings is 1. The second-order valence-electron chi connectivity index (χ2n) is 5.76. The third-order valence-electron chi connectivity index (χ3n) is 4.37. The van der Waals surface area contributed by atoms with Gasteiger partial charge in [-0.15, -0.1) is 0 Å². The number of aliphatic hydroxyl groups is 1. The van der Waals surface area contributed by atoms with Crippen molar-refractivity contribution in [3.8, 4) is 0 Å². The first-order valence-corrected chi connectivity index (χ1v) is 6.96. The van der Waals surface area contributed by atoms with Crippen LogP contribution < -0.4 is 5.32 Å². The van der Waals surface area contributed by atoms with Crippen molar-refractivity contribution in [1.82, 2.24) is 10.2 Å². The summed E-state index contributed by atoms with van der Waals surface area (Å²) in [5.41, 5.74) is 0.881. The summed E-state index contributed by atoms with van der Waals surface area (Å²) < 4.78 is 0. The fourth-order valence-electron chi connectivity index (χ4n) is 3.13. The van der Waals surface area contributed by atoms with Crippen molar-refractivity contribution in [3.63, 3.8) is 0 Å². The van der Waals surface area contributed by atoms with Crippen LogP contribution in [-0.2, 0) is 6.54 Å². The fraction of sp³-hybridized carbons (Fsp3) is 0.600. The minimum atomic E-state index is -0.460. The molecule has 1 unspecified atom stereocenters. The SMILES string of the molecule is OC1(C2CNC2)CCCN(Cc2ccccc2)C1. The minimum Gasteiger partial charge on any atom is -0.388 e. The lowest BCUT2D eigenvalue weighted by atomic mass is 9.77. The van der Waals surface area contributed by atoms with Crippen molar-refractivity contribution in [2.75, 3.05) is 26.2 Å². The number of nitrogens with one attached hydrogen (secondary N) is 1. The van der Waals surface area contributed by atoms with Gasteiger partial charge in [0.1, 0.15) is 0 Å². The van der Waals surface area contributed by atoms with Gasteiger partial charge in [-0.25, -0.2) is 0 Å². The third kappa shape index (κ3) is 2.44. The van der Waals surface area contributed by atoms with Gasteiger partial charge in [-0.05, 0) is 24.9 Å². The Bertz CT molecular complexity index is 391. The first kappa shape index (κ1) is 12.2. The van der Waals surface area contributed by atoms with Gasteiger partial charge >= 0.3 is 0 Å². The van der Waals surface area contributed by atoms with Crippen LogP contribution in [0.1, 0.15) is 18.4 Å². The van der Waals surface area contributed by atoms with Gasteiger partial charge in [0, 0.05) is 32.1 Å². The second-order valence-corrected chi connectivity index (χ2v) is 5.76. The molecule has 2 N–H and O–H groups in total. The molecule has 0 bridgehead atoms. The van der Waals surface area contributed by atoms with E-state index in [0.717, 1.165) is 45.6 Å². The molecule has 98 valence electrons. The number of nitrogens with zero attached hydrogens (tertiary/aromatic N) is 1. The summed E-state index contributed by atoms with van der Waals surface area (Å²) >= 11 is 0. The smallest absolute Gasteiger partial charge is 0.0826 e. The molecule has 0 radical (unpaired) electrons. The number of hydrogen-bond donors (Lipinski definition) is 2. The van der Waals surface area contributed by atoms with Crippen molar-refractivity contribution in [2.45, 2.75) is 25.0 Å². The maximum Gasteiger partial charge on any atom is 0.0826 e. The first-order valence-electron chi connectivity index (χ1n) is 6.96. The minimum absolute atomic E-state index is 0.455. The monoisotopic (exact) mass is 246 g/mol. The Hall–Kier alpha value is -0.900. The Morgan fingerprint density at radius 2 is 2.06 bits per heavy atom. The number of rotatable bonds is 3. The molecule has 2 aliphatic rings. The third-order valence-corrected chi connectivity index (χ3v) is 4.37. The van der Waals surface area contributed by atoms with E-state index in [4.69, 9.17) is 0 Å². The molecule has 1 aromatic rings. The Balaban J connectivity index is 1.63. The summed E-state index contributed by atoms with van der Waals surface area (Å²) in [6.45, 7) is 4.86. The van der Waals surface area contributed by atoms with Crippen molar-refractivity contribution in [3.05, 3.63) is 35.9 Å². The average molecular weight is 246 g/mol. The van der Waals surface area contributed by atoms with Crippen molar-refractivity contribution >= 4 is 0 Å². The predicted molar refractivity (Wildman–Crippen MR) is 72.3 cm³/mol. The van der Waals surface area contributed by atoms with Gasteiger partial charge < -0.3 is 10.4 Å². The van der Waals surface area contributed by atoms with Gasteiger partial charge in [-0.1, -0.05) is 30.3 Å². The molecule has 0 amide bonds. The zero-order chi connectivity index (χ0) is 12.4. The van der Waals surface area contributed by atoms with Gasteiger partial charge in [0.25, 0.3) is 0 Å². The van der Waals surface area contributed by atoms with Crippen LogP contribution in [0.4, 0.5) is 0 Å². The topological polar surface area (TPSA) is 35.5 Å². The largest absolute Gasteiger partial charge is 0.388 e. The van der Waals surface area contributed by atoms with Gasteiger partial charge in [-0.2, -0.15) is 0 Å². The van der Waals surface area contributed by atoms with Gasteiger partial charge in [0.05, 0.1) is 5.60 Å². The molecular formula is C15H22N2O. The van der Waals surface area contributed by atoms with E-state index >= 15 is 0 Å². The summed E-state index contributed by atoms with van der Waals surface area (Å²) in [5, 5.41) is 14.0. The van der Waals surface area contributed by atoms with Crippen LogP contribution in [0.25, 0.3) is 0 Å². The van der Waals surface area contributed by atoms with Gasteiger partial charge in [-0.3, -0.25) is 4.90 Å². The molecule has 3 rings (SSSR count). The molecule has 2 fully saturated rings. The Labute approximate surface area is 109 Å². The summed E-state index contributed by atoms with van der Waals surface area (Å²) in [4.78, 5) is 2.40. The van der Waals surface area contributed by atoms with Crippen LogP contribution in [0.5, 0.6) is 0 Å². The summed E-state index contributed by atoms with van der Waals surface area (Å²) in [7, 11) is 0.